The molecule has 1 atom stereocenters. The van der Waals surface area contributed by atoms with Gasteiger partial charge in [-0.2, -0.15) is 11.3 Å². The summed E-state index contributed by atoms with van der Waals surface area (Å²) in [6.45, 7) is 0.0714. The molecule has 0 radical (unpaired) electrons. The average Bonchev–Trinajstić information content (AvgIpc) is 3.31. The standard InChI is InChI=1S/C21H17FN2O6S2/c22-16-8-14(18-15(9-16)11-29-21(30-18)13-3-6-31-12-13)10-28-20(25)17-2-1-4-24-5-7-32(26,27)23-19(17)24/h1-4,6,8-9,12,21H,5,7,10-11H2. The molecule has 3 aliphatic rings. The number of hydrogen-bond acceptors (Lipinski definition) is 8. The van der Waals surface area contributed by atoms with Gasteiger partial charge >= 0.3 is 5.97 Å². The maximum atomic E-state index is 14.1. The number of esters is 1. The van der Waals surface area contributed by atoms with Crippen molar-refractivity contribution in [2.45, 2.75) is 19.5 Å². The molecule has 0 fully saturated rings. The number of ether oxygens (including phenoxy) is 3. The Morgan fingerprint density at radius 3 is 3.06 bits per heavy atom. The van der Waals surface area contributed by atoms with E-state index in [1.807, 2.05) is 16.8 Å². The molecule has 4 heterocycles. The van der Waals surface area contributed by atoms with E-state index in [0.29, 0.717) is 16.9 Å². The summed E-state index contributed by atoms with van der Waals surface area (Å²) in [6.07, 6.45) is 4.06. The van der Waals surface area contributed by atoms with Gasteiger partial charge in [-0.15, -0.1) is 4.40 Å². The van der Waals surface area contributed by atoms with Crippen LogP contribution in [0.4, 0.5) is 4.39 Å². The molecule has 1 unspecified atom stereocenters. The van der Waals surface area contributed by atoms with Crippen LogP contribution < -0.4 is 4.74 Å². The van der Waals surface area contributed by atoms with Gasteiger partial charge in [0.15, 0.2) is 5.84 Å². The van der Waals surface area contributed by atoms with Crippen LogP contribution in [0.1, 0.15) is 23.0 Å². The van der Waals surface area contributed by atoms with Crippen LogP contribution in [0.5, 0.6) is 5.75 Å². The Morgan fingerprint density at radius 1 is 1.38 bits per heavy atom. The highest BCUT2D eigenvalue weighted by Gasteiger charge is 2.31. The van der Waals surface area contributed by atoms with Crippen LogP contribution in [-0.4, -0.2) is 37.4 Å². The molecular weight excluding hydrogens is 459 g/mol. The van der Waals surface area contributed by atoms with Crippen LogP contribution >= 0.6 is 11.3 Å². The first kappa shape index (κ1) is 20.9. The van der Waals surface area contributed by atoms with E-state index in [1.165, 1.54) is 29.5 Å². The predicted molar refractivity (Wildman–Crippen MR) is 114 cm³/mol. The zero-order valence-electron chi connectivity index (χ0n) is 16.6. The van der Waals surface area contributed by atoms with Crippen molar-refractivity contribution >= 4 is 33.2 Å². The largest absolute Gasteiger partial charge is 0.460 e. The van der Waals surface area contributed by atoms with Gasteiger partial charge in [0.05, 0.1) is 12.4 Å². The maximum absolute atomic E-state index is 14.1. The fourth-order valence-corrected chi connectivity index (χ4v) is 5.20. The quantitative estimate of drug-likeness (QED) is 0.626. The molecule has 1 aromatic carbocycles. The predicted octanol–water partition coefficient (Wildman–Crippen LogP) is 3.04. The Morgan fingerprint density at radius 2 is 2.25 bits per heavy atom. The molecule has 0 amide bonds. The second kappa shape index (κ2) is 8.15. The van der Waals surface area contributed by atoms with Gasteiger partial charge in [0.25, 0.3) is 10.0 Å². The van der Waals surface area contributed by atoms with Crippen molar-refractivity contribution in [2.24, 2.45) is 4.40 Å². The molecule has 0 aliphatic carbocycles. The fourth-order valence-electron chi connectivity index (χ4n) is 3.55. The highest BCUT2D eigenvalue weighted by atomic mass is 32.2. The summed E-state index contributed by atoms with van der Waals surface area (Å²) in [5.41, 5.74) is 1.71. The minimum absolute atomic E-state index is 0.0152. The number of halogens is 1. The number of nitrogens with zero attached hydrogens (tertiary/aromatic N) is 2. The molecular formula is C21H17FN2O6S2. The number of rotatable bonds is 4. The molecule has 11 heteroatoms. The fraction of sp³-hybridized carbons (Fsp3) is 0.238. The molecule has 0 spiro atoms. The van der Waals surface area contributed by atoms with E-state index < -0.39 is 28.1 Å². The van der Waals surface area contributed by atoms with Crippen LogP contribution in [0.2, 0.25) is 0 Å². The van der Waals surface area contributed by atoms with E-state index >= 15 is 0 Å². The molecule has 0 saturated carbocycles. The van der Waals surface area contributed by atoms with Gasteiger partial charge in [-0.1, -0.05) is 0 Å². The number of thiophene rings is 1. The van der Waals surface area contributed by atoms with Gasteiger partial charge in [0.1, 0.15) is 23.7 Å². The van der Waals surface area contributed by atoms with E-state index in [9.17, 15) is 17.6 Å². The zero-order chi connectivity index (χ0) is 22.3. The summed E-state index contributed by atoms with van der Waals surface area (Å²) in [5.74, 6) is -0.992. The highest BCUT2D eigenvalue weighted by Crippen LogP contribution is 2.37. The molecule has 3 aliphatic heterocycles. The summed E-state index contributed by atoms with van der Waals surface area (Å²) in [5, 5.41) is 3.79. The van der Waals surface area contributed by atoms with Crippen molar-refractivity contribution in [3.05, 3.63) is 75.4 Å². The first-order chi connectivity index (χ1) is 15.4. The lowest BCUT2D eigenvalue weighted by molar-refractivity contribution is -0.140. The van der Waals surface area contributed by atoms with Crippen LogP contribution in [0.3, 0.4) is 0 Å². The molecule has 0 bridgehead atoms. The van der Waals surface area contributed by atoms with E-state index in [2.05, 4.69) is 4.40 Å². The molecule has 5 rings (SSSR count). The second-order valence-electron chi connectivity index (χ2n) is 7.26. The Labute approximate surface area is 187 Å². The Bertz CT molecular complexity index is 1270. The first-order valence-electron chi connectivity index (χ1n) is 9.66. The number of sulfonamides is 1. The number of carbonyl (C=O) groups is 1. The first-order valence-corrected chi connectivity index (χ1v) is 12.2. The molecule has 1 aromatic heterocycles. The van der Waals surface area contributed by atoms with Crippen molar-refractivity contribution in [1.82, 2.24) is 4.90 Å². The van der Waals surface area contributed by atoms with Gasteiger partial charge < -0.3 is 19.1 Å². The smallest absolute Gasteiger partial charge is 0.342 e. The summed E-state index contributed by atoms with van der Waals surface area (Å²) >= 11 is 1.50. The summed E-state index contributed by atoms with van der Waals surface area (Å²) in [4.78, 5) is 14.3. The third-order valence-corrected chi connectivity index (χ3v) is 6.93. The topological polar surface area (TPSA) is 94.5 Å². The third kappa shape index (κ3) is 4.06. The van der Waals surface area contributed by atoms with E-state index in [-0.39, 0.29) is 36.9 Å². The van der Waals surface area contributed by atoms with Crippen LogP contribution in [-0.2, 0) is 37.5 Å². The number of fused-ring (bicyclic) bond motifs is 2. The van der Waals surface area contributed by atoms with Gasteiger partial charge in [0, 0.05) is 34.8 Å². The summed E-state index contributed by atoms with van der Waals surface area (Å²) in [7, 11) is -3.65. The minimum atomic E-state index is -3.65. The van der Waals surface area contributed by atoms with E-state index in [0.717, 1.165) is 5.56 Å². The van der Waals surface area contributed by atoms with Gasteiger partial charge in [-0.3, -0.25) is 0 Å². The molecule has 32 heavy (non-hydrogen) atoms. The molecule has 0 N–H and O–H groups in total. The molecule has 8 nitrogen and oxygen atoms in total. The second-order valence-corrected chi connectivity index (χ2v) is 9.80. The zero-order valence-corrected chi connectivity index (χ0v) is 18.2. The normalized spacial score (nSPS) is 21.0. The summed E-state index contributed by atoms with van der Waals surface area (Å²) < 4.78 is 58.7. The maximum Gasteiger partial charge on any atom is 0.342 e. The molecule has 0 saturated heterocycles. The minimum Gasteiger partial charge on any atom is -0.460 e. The number of carbonyl (C=O) groups excluding carboxylic acids is 1. The van der Waals surface area contributed by atoms with Crippen molar-refractivity contribution in [3.63, 3.8) is 0 Å². The third-order valence-electron chi connectivity index (χ3n) is 5.07. The van der Waals surface area contributed by atoms with Crippen molar-refractivity contribution in [1.29, 1.82) is 0 Å². The van der Waals surface area contributed by atoms with Gasteiger partial charge in [-0.05, 0) is 35.7 Å². The van der Waals surface area contributed by atoms with Crippen LogP contribution in [0.15, 0.2) is 57.3 Å². The van der Waals surface area contributed by atoms with Crippen molar-refractivity contribution in [2.75, 3.05) is 12.3 Å². The van der Waals surface area contributed by atoms with Gasteiger partial charge in [0.2, 0.25) is 6.29 Å². The number of allylic oxidation sites excluding steroid dienone is 2. The SMILES string of the molecule is O=C(OCc1cc(F)cc2c1OC(c1ccsc1)OC2)C1=CC=CN2CCS(=O)(=O)N=C12. The van der Waals surface area contributed by atoms with Crippen LogP contribution in [0.25, 0.3) is 0 Å². The highest BCUT2D eigenvalue weighted by molar-refractivity contribution is 7.90. The lowest BCUT2D eigenvalue weighted by Gasteiger charge is -2.29. The van der Waals surface area contributed by atoms with E-state index in [4.69, 9.17) is 14.2 Å². The van der Waals surface area contributed by atoms with Gasteiger partial charge in [-0.25, -0.2) is 17.6 Å². The lowest BCUT2D eigenvalue weighted by Crippen LogP contribution is -2.40. The Kier molecular flexibility index (Phi) is 5.31. The van der Waals surface area contributed by atoms with Crippen LogP contribution in [0, 0.1) is 5.82 Å². The summed E-state index contributed by atoms with van der Waals surface area (Å²) in [6, 6.07) is 4.43. The van der Waals surface area contributed by atoms with Crippen molar-refractivity contribution in [3.8, 4) is 5.75 Å². The Hall–Kier alpha value is -3.02. The monoisotopic (exact) mass is 476 g/mol. The molecule has 2 aromatic rings. The Balaban J connectivity index is 1.37. The molecule has 166 valence electrons. The number of hydrogen-bond donors (Lipinski definition) is 0. The number of benzene rings is 1. The lowest BCUT2D eigenvalue weighted by atomic mass is 10.1. The average molecular weight is 477 g/mol. The van der Waals surface area contributed by atoms with E-state index in [1.54, 1.807) is 17.2 Å². The number of amidine groups is 1. The van der Waals surface area contributed by atoms with Crippen molar-refractivity contribution < 1.29 is 31.8 Å².